The minimum absolute atomic E-state index is 0.639. The molecule has 1 heterocycles. The predicted octanol–water partition coefficient (Wildman–Crippen LogP) is 15.5. The topological polar surface area (TPSA) is 6.48 Å². The van der Waals surface area contributed by atoms with E-state index >= 15 is 0 Å². The summed E-state index contributed by atoms with van der Waals surface area (Å²) in [6.07, 6.45) is 57.5. The van der Waals surface area contributed by atoms with Crippen LogP contribution in [0.2, 0.25) is 0 Å². The molecule has 0 spiro atoms. The van der Waals surface area contributed by atoms with Gasteiger partial charge in [0.2, 0.25) is 0 Å². The van der Waals surface area contributed by atoms with Crippen LogP contribution in [0.15, 0.2) is 12.4 Å². The molecule has 1 aliphatic heterocycles. The van der Waals surface area contributed by atoms with Crippen molar-refractivity contribution in [2.45, 2.75) is 258 Å². The first-order valence-corrected chi connectivity index (χ1v) is 22.0. The molecule has 1 unspecified atom stereocenters. The van der Waals surface area contributed by atoms with Gasteiger partial charge in [0.15, 0.2) is 0 Å². The molecule has 46 heavy (non-hydrogen) atoms. The van der Waals surface area contributed by atoms with Gasteiger partial charge in [0.25, 0.3) is 0 Å². The van der Waals surface area contributed by atoms with Crippen LogP contribution in [0, 0.1) is 0 Å². The zero-order valence-corrected chi connectivity index (χ0v) is 32.5. The molecular weight excluding hydrogens is 556 g/mol. The molecule has 0 saturated heterocycles. The Labute approximate surface area is 292 Å². The summed E-state index contributed by atoms with van der Waals surface area (Å²) in [7, 11) is 0. The van der Waals surface area contributed by atoms with Crippen LogP contribution in [0.5, 0.6) is 0 Å². The normalized spacial score (nSPS) is 14.7. The van der Waals surface area contributed by atoms with Gasteiger partial charge < -0.3 is 9.80 Å². The average Bonchev–Trinajstić information content (AvgIpc) is 3.45. The third-order valence-corrected chi connectivity index (χ3v) is 10.8. The summed E-state index contributed by atoms with van der Waals surface area (Å²) in [5, 5.41) is 0. The van der Waals surface area contributed by atoms with Crippen molar-refractivity contribution < 1.29 is 0 Å². The standard InChI is InChI=1S/C44H88N2/c1-4-7-10-12-14-16-18-20-22-23-25-27-29-31-33-35-38-41-46-43-42-45(40-37-9-6-3)44(46)39-36-34-32-30-28-26-24-21-19-17-15-13-11-8-5-2/h42-44H,4-41H2,1-3H3. The van der Waals surface area contributed by atoms with E-state index in [2.05, 4.69) is 43.0 Å². The van der Waals surface area contributed by atoms with Gasteiger partial charge in [-0.3, -0.25) is 0 Å². The Balaban J connectivity index is 2.03. The Morgan fingerprint density at radius 1 is 0.283 bits per heavy atom. The summed E-state index contributed by atoms with van der Waals surface area (Å²) < 4.78 is 0. The van der Waals surface area contributed by atoms with Gasteiger partial charge in [-0.05, 0) is 25.7 Å². The summed E-state index contributed by atoms with van der Waals surface area (Å²) in [6, 6.07) is 0. The van der Waals surface area contributed by atoms with Gasteiger partial charge in [-0.25, -0.2) is 0 Å². The van der Waals surface area contributed by atoms with Gasteiger partial charge in [-0.15, -0.1) is 0 Å². The SMILES string of the molecule is CCCCCCCCCCCCCCCCCCCN1C=CN(CCCCC)C1CCCCCCCCCCCCCCCCC. The second kappa shape index (κ2) is 35.6. The molecule has 2 heteroatoms. The van der Waals surface area contributed by atoms with Gasteiger partial charge >= 0.3 is 0 Å². The molecular formula is C44H88N2. The van der Waals surface area contributed by atoms with Crippen LogP contribution in [-0.4, -0.2) is 29.1 Å². The molecule has 0 fully saturated rings. The van der Waals surface area contributed by atoms with Crippen molar-refractivity contribution in [3.8, 4) is 0 Å². The summed E-state index contributed by atoms with van der Waals surface area (Å²) in [6.45, 7) is 9.47. The first kappa shape index (κ1) is 43.4. The van der Waals surface area contributed by atoms with Crippen LogP contribution in [0.25, 0.3) is 0 Å². The number of nitrogens with zero attached hydrogens (tertiary/aromatic N) is 2. The van der Waals surface area contributed by atoms with Crippen molar-refractivity contribution in [2.75, 3.05) is 13.1 Å². The van der Waals surface area contributed by atoms with Crippen LogP contribution in [-0.2, 0) is 0 Å². The Morgan fingerprint density at radius 3 is 0.804 bits per heavy atom. The highest BCUT2D eigenvalue weighted by atomic mass is 15.4. The van der Waals surface area contributed by atoms with Crippen LogP contribution in [0.4, 0.5) is 0 Å². The first-order valence-electron chi connectivity index (χ1n) is 22.0. The Hall–Kier alpha value is -0.660. The van der Waals surface area contributed by atoms with Crippen molar-refractivity contribution in [1.29, 1.82) is 0 Å². The van der Waals surface area contributed by atoms with E-state index in [0.29, 0.717) is 6.17 Å². The molecule has 0 saturated carbocycles. The molecule has 0 amide bonds. The van der Waals surface area contributed by atoms with Gasteiger partial charge in [0.1, 0.15) is 6.17 Å². The quantitative estimate of drug-likeness (QED) is 0.0617. The van der Waals surface area contributed by atoms with Crippen molar-refractivity contribution in [2.24, 2.45) is 0 Å². The van der Waals surface area contributed by atoms with E-state index in [1.165, 1.54) is 244 Å². The highest BCUT2D eigenvalue weighted by Gasteiger charge is 2.24. The fraction of sp³-hybridized carbons (Fsp3) is 0.955. The second-order valence-electron chi connectivity index (χ2n) is 15.4. The predicted molar refractivity (Wildman–Crippen MR) is 210 cm³/mol. The number of unbranched alkanes of at least 4 members (excludes halogenated alkanes) is 32. The lowest BCUT2D eigenvalue weighted by molar-refractivity contribution is 0.135. The monoisotopic (exact) mass is 645 g/mol. The molecule has 274 valence electrons. The summed E-state index contributed by atoms with van der Waals surface area (Å²) in [5.41, 5.74) is 0. The third kappa shape index (κ3) is 27.3. The minimum atomic E-state index is 0.639. The molecule has 1 atom stereocenters. The van der Waals surface area contributed by atoms with Crippen LogP contribution in [0.3, 0.4) is 0 Å². The summed E-state index contributed by atoms with van der Waals surface area (Å²) in [4.78, 5) is 5.40. The van der Waals surface area contributed by atoms with E-state index in [0.717, 1.165) is 0 Å². The number of hydrogen-bond donors (Lipinski definition) is 0. The van der Waals surface area contributed by atoms with Crippen molar-refractivity contribution >= 4 is 0 Å². The van der Waals surface area contributed by atoms with Crippen molar-refractivity contribution in [3.05, 3.63) is 12.4 Å². The smallest absolute Gasteiger partial charge is 0.101 e. The molecule has 0 radical (unpaired) electrons. The Kier molecular flexibility index (Phi) is 33.6. The van der Waals surface area contributed by atoms with E-state index < -0.39 is 0 Å². The van der Waals surface area contributed by atoms with E-state index in [-0.39, 0.29) is 0 Å². The zero-order valence-electron chi connectivity index (χ0n) is 32.5. The van der Waals surface area contributed by atoms with E-state index in [1.54, 1.807) is 0 Å². The lowest BCUT2D eigenvalue weighted by atomic mass is 10.0. The lowest BCUT2D eigenvalue weighted by Gasteiger charge is -2.33. The van der Waals surface area contributed by atoms with Crippen LogP contribution >= 0.6 is 0 Å². The van der Waals surface area contributed by atoms with Gasteiger partial charge in [0, 0.05) is 25.5 Å². The van der Waals surface area contributed by atoms with Crippen LogP contribution in [0.1, 0.15) is 252 Å². The highest BCUT2D eigenvalue weighted by Crippen LogP contribution is 2.24. The van der Waals surface area contributed by atoms with E-state index in [1.807, 2.05) is 0 Å². The molecule has 0 bridgehead atoms. The minimum Gasteiger partial charge on any atom is -0.356 e. The average molecular weight is 645 g/mol. The fourth-order valence-electron chi connectivity index (χ4n) is 7.60. The number of rotatable bonds is 38. The van der Waals surface area contributed by atoms with E-state index in [9.17, 15) is 0 Å². The molecule has 0 aromatic carbocycles. The molecule has 1 aliphatic rings. The van der Waals surface area contributed by atoms with Crippen LogP contribution < -0.4 is 0 Å². The van der Waals surface area contributed by atoms with Crippen molar-refractivity contribution in [3.63, 3.8) is 0 Å². The Morgan fingerprint density at radius 2 is 0.500 bits per heavy atom. The largest absolute Gasteiger partial charge is 0.356 e. The highest BCUT2D eigenvalue weighted by molar-refractivity contribution is 4.97. The maximum absolute atomic E-state index is 2.71. The molecule has 0 aromatic rings. The first-order chi connectivity index (χ1) is 22.8. The fourth-order valence-corrected chi connectivity index (χ4v) is 7.60. The van der Waals surface area contributed by atoms with Gasteiger partial charge in [-0.2, -0.15) is 0 Å². The summed E-state index contributed by atoms with van der Waals surface area (Å²) >= 11 is 0. The maximum Gasteiger partial charge on any atom is 0.101 e. The lowest BCUT2D eigenvalue weighted by Crippen LogP contribution is -2.39. The maximum atomic E-state index is 2.71. The molecule has 0 N–H and O–H groups in total. The molecule has 0 aromatic heterocycles. The van der Waals surface area contributed by atoms with Gasteiger partial charge in [-0.1, -0.05) is 226 Å². The Bertz CT molecular complexity index is 601. The number of hydrogen-bond acceptors (Lipinski definition) is 2. The molecule has 2 nitrogen and oxygen atoms in total. The van der Waals surface area contributed by atoms with Gasteiger partial charge in [0.05, 0.1) is 0 Å². The van der Waals surface area contributed by atoms with E-state index in [4.69, 9.17) is 0 Å². The molecule has 1 rings (SSSR count). The zero-order chi connectivity index (χ0) is 33.0. The molecule has 0 aliphatic carbocycles. The second-order valence-corrected chi connectivity index (χ2v) is 15.4. The third-order valence-electron chi connectivity index (χ3n) is 10.8. The van der Waals surface area contributed by atoms with Crippen molar-refractivity contribution in [1.82, 2.24) is 9.80 Å². The summed E-state index contributed by atoms with van der Waals surface area (Å²) in [5.74, 6) is 0.